The zero-order valence-corrected chi connectivity index (χ0v) is 9.74. The van der Waals surface area contributed by atoms with Crippen molar-refractivity contribution in [3.63, 3.8) is 0 Å². The molecule has 0 aromatic heterocycles. The Balaban J connectivity index is 2.69. The number of thiocarbonyl (C=S) groups is 1. The van der Waals surface area contributed by atoms with Crippen molar-refractivity contribution >= 4 is 23.0 Å². The molecule has 0 saturated heterocycles. The van der Waals surface area contributed by atoms with Crippen molar-refractivity contribution in [2.45, 2.75) is 13.8 Å². The van der Waals surface area contributed by atoms with E-state index in [0.29, 0.717) is 11.7 Å². The van der Waals surface area contributed by atoms with Gasteiger partial charge in [0.25, 0.3) is 0 Å². The minimum absolute atomic E-state index is 0.441. The van der Waals surface area contributed by atoms with Crippen molar-refractivity contribution < 1.29 is 0 Å². The van der Waals surface area contributed by atoms with Gasteiger partial charge in [-0.15, -0.1) is 6.42 Å². The van der Waals surface area contributed by atoms with Crippen LogP contribution in [0.25, 0.3) is 0 Å². The number of terminal acetylenes is 1. The first-order chi connectivity index (χ1) is 7.15. The normalized spacial score (nSPS) is 9.13. The molecule has 0 unspecified atom stereocenters. The molecule has 0 aliphatic rings. The van der Waals surface area contributed by atoms with E-state index >= 15 is 0 Å². The SMILES string of the molecule is C#CCNC(=S)Nc1cccc(C)c1C. The smallest absolute Gasteiger partial charge is 0.171 e. The predicted octanol–water partition coefficient (Wildman–Crippen LogP) is 2.22. The fraction of sp³-hybridized carbons (Fsp3) is 0.250. The molecular weight excluding hydrogens is 204 g/mol. The first-order valence-electron chi connectivity index (χ1n) is 4.69. The number of aryl methyl sites for hydroxylation is 1. The van der Waals surface area contributed by atoms with Crippen molar-refractivity contribution in [1.29, 1.82) is 0 Å². The van der Waals surface area contributed by atoms with Gasteiger partial charge in [-0.05, 0) is 43.3 Å². The summed E-state index contributed by atoms with van der Waals surface area (Å²) in [5, 5.41) is 6.58. The van der Waals surface area contributed by atoms with Crippen molar-refractivity contribution in [2.75, 3.05) is 11.9 Å². The Labute approximate surface area is 96.1 Å². The summed E-state index contributed by atoms with van der Waals surface area (Å²) in [4.78, 5) is 0. The largest absolute Gasteiger partial charge is 0.352 e. The van der Waals surface area contributed by atoms with Crippen LogP contribution in [0.3, 0.4) is 0 Å². The second kappa shape index (κ2) is 5.38. The maximum atomic E-state index is 5.12. The minimum atomic E-state index is 0.441. The van der Waals surface area contributed by atoms with Crippen LogP contribution in [0.2, 0.25) is 0 Å². The van der Waals surface area contributed by atoms with Gasteiger partial charge in [-0.2, -0.15) is 0 Å². The zero-order chi connectivity index (χ0) is 11.3. The van der Waals surface area contributed by atoms with E-state index in [9.17, 15) is 0 Å². The molecular formula is C12H14N2S. The van der Waals surface area contributed by atoms with Crippen molar-refractivity contribution in [3.8, 4) is 12.3 Å². The maximum Gasteiger partial charge on any atom is 0.171 e. The average Bonchev–Trinajstić information content (AvgIpc) is 2.22. The van der Waals surface area contributed by atoms with Crippen LogP contribution >= 0.6 is 12.2 Å². The Morgan fingerprint density at radius 3 is 2.87 bits per heavy atom. The van der Waals surface area contributed by atoms with Crippen LogP contribution in [0.5, 0.6) is 0 Å². The molecule has 15 heavy (non-hydrogen) atoms. The molecule has 0 aliphatic carbocycles. The Kier molecular flexibility index (Phi) is 4.14. The monoisotopic (exact) mass is 218 g/mol. The molecule has 3 heteroatoms. The molecule has 0 heterocycles. The average molecular weight is 218 g/mol. The van der Waals surface area contributed by atoms with Gasteiger partial charge in [0.2, 0.25) is 0 Å². The first kappa shape index (κ1) is 11.5. The summed E-state index contributed by atoms with van der Waals surface area (Å²) >= 11 is 5.09. The van der Waals surface area contributed by atoms with Crippen molar-refractivity contribution in [2.24, 2.45) is 0 Å². The van der Waals surface area contributed by atoms with Gasteiger partial charge in [0.15, 0.2) is 5.11 Å². The van der Waals surface area contributed by atoms with Crippen LogP contribution in [-0.4, -0.2) is 11.7 Å². The third kappa shape index (κ3) is 3.26. The van der Waals surface area contributed by atoms with E-state index in [0.717, 1.165) is 5.69 Å². The number of hydrogen-bond donors (Lipinski definition) is 2. The Bertz CT molecular complexity index is 405. The molecule has 0 atom stereocenters. The quantitative estimate of drug-likeness (QED) is 0.588. The molecule has 1 aromatic rings. The van der Waals surface area contributed by atoms with Crippen molar-refractivity contribution in [3.05, 3.63) is 29.3 Å². The highest BCUT2D eigenvalue weighted by Gasteiger charge is 2.01. The van der Waals surface area contributed by atoms with E-state index < -0.39 is 0 Å². The molecule has 0 fully saturated rings. The van der Waals surface area contributed by atoms with Crippen LogP contribution < -0.4 is 10.6 Å². The van der Waals surface area contributed by atoms with E-state index in [4.69, 9.17) is 18.6 Å². The summed E-state index contributed by atoms with van der Waals surface area (Å²) in [7, 11) is 0. The second-order valence-electron chi connectivity index (χ2n) is 3.26. The van der Waals surface area contributed by atoms with Gasteiger partial charge >= 0.3 is 0 Å². The number of benzene rings is 1. The van der Waals surface area contributed by atoms with E-state index in [-0.39, 0.29) is 0 Å². The van der Waals surface area contributed by atoms with Gasteiger partial charge in [0.1, 0.15) is 0 Å². The fourth-order valence-electron chi connectivity index (χ4n) is 1.18. The number of rotatable bonds is 2. The molecule has 0 spiro atoms. The lowest BCUT2D eigenvalue weighted by Gasteiger charge is -2.12. The van der Waals surface area contributed by atoms with Crippen LogP contribution in [0.4, 0.5) is 5.69 Å². The van der Waals surface area contributed by atoms with Gasteiger partial charge < -0.3 is 10.6 Å². The van der Waals surface area contributed by atoms with Gasteiger partial charge in [-0.1, -0.05) is 18.1 Å². The highest BCUT2D eigenvalue weighted by Crippen LogP contribution is 2.17. The minimum Gasteiger partial charge on any atom is -0.352 e. The molecule has 2 nitrogen and oxygen atoms in total. The maximum absolute atomic E-state index is 5.12. The molecule has 1 rings (SSSR count). The number of nitrogens with one attached hydrogen (secondary N) is 2. The van der Waals surface area contributed by atoms with Gasteiger partial charge in [-0.3, -0.25) is 0 Å². The Morgan fingerprint density at radius 1 is 1.47 bits per heavy atom. The van der Waals surface area contributed by atoms with E-state index in [1.807, 2.05) is 12.1 Å². The number of anilines is 1. The highest BCUT2D eigenvalue weighted by molar-refractivity contribution is 7.80. The van der Waals surface area contributed by atoms with Gasteiger partial charge in [-0.25, -0.2) is 0 Å². The molecule has 0 saturated carbocycles. The van der Waals surface area contributed by atoms with Crippen LogP contribution in [0, 0.1) is 26.2 Å². The molecule has 0 amide bonds. The summed E-state index contributed by atoms with van der Waals surface area (Å²) in [5.41, 5.74) is 3.45. The fourth-order valence-corrected chi connectivity index (χ4v) is 1.37. The summed E-state index contributed by atoms with van der Waals surface area (Å²) in [6.45, 7) is 4.57. The topological polar surface area (TPSA) is 24.1 Å². The Morgan fingerprint density at radius 2 is 2.20 bits per heavy atom. The number of hydrogen-bond acceptors (Lipinski definition) is 1. The second-order valence-corrected chi connectivity index (χ2v) is 3.67. The highest BCUT2D eigenvalue weighted by atomic mass is 32.1. The molecule has 0 bridgehead atoms. The Hall–Kier alpha value is -1.53. The first-order valence-corrected chi connectivity index (χ1v) is 5.10. The zero-order valence-electron chi connectivity index (χ0n) is 8.92. The third-order valence-electron chi connectivity index (χ3n) is 2.20. The summed E-state index contributed by atoms with van der Waals surface area (Å²) < 4.78 is 0. The molecule has 1 aromatic carbocycles. The van der Waals surface area contributed by atoms with E-state index in [1.54, 1.807) is 0 Å². The van der Waals surface area contributed by atoms with Crippen LogP contribution in [0.1, 0.15) is 11.1 Å². The molecule has 2 N–H and O–H groups in total. The third-order valence-corrected chi connectivity index (χ3v) is 2.45. The summed E-state index contributed by atoms with van der Waals surface area (Å²) in [5.74, 6) is 2.47. The molecule has 78 valence electrons. The van der Waals surface area contributed by atoms with Crippen LogP contribution in [-0.2, 0) is 0 Å². The van der Waals surface area contributed by atoms with Gasteiger partial charge in [0, 0.05) is 5.69 Å². The predicted molar refractivity (Wildman–Crippen MR) is 69.0 cm³/mol. The van der Waals surface area contributed by atoms with Crippen molar-refractivity contribution in [1.82, 2.24) is 5.32 Å². The lowest BCUT2D eigenvalue weighted by Crippen LogP contribution is -2.28. The summed E-state index contributed by atoms with van der Waals surface area (Å²) in [6.07, 6.45) is 5.12. The van der Waals surface area contributed by atoms with E-state index in [1.165, 1.54) is 11.1 Å². The summed E-state index contributed by atoms with van der Waals surface area (Å²) in [6, 6.07) is 6.05. The molecule has 0 aliphatic heterocycles. The van der Waals surface area contributed by atoms with Gasteiger partial charge in [0.05, 0.1) is 6.54 Å². The van der Waals surface area contributed by atoms with E-state index in [2.05, 4.69) is 36.5 Å². The molecule has 0 radical (unpaired) electrons. The lowest BCUT2D eigenvalue weighted by molar-refractivity contribution is 1.08. The standard InChI is InChI=1S/C12H14N2S/c1-4-8-13-12(15)14-11-7-5-6-9(2)10(11)3/h1,5-7H,8H2,2-3H3,(H2,13,14,15). The lowest BCUT2D eigenvalue weighted by atomic mass is 10.1. The van der Waals surface area contributed by atoms with Crippen LogP contribution in [0.15, 0.2) is 18.2 Å².